The van der Waals surface area contributed by atoms with Crippen LogP contribution in [0.3, 0.4) is 0 Å². The van der Waals surface area contributed by atoms with E-state index in [9.17, 15) is 4.79 Å². The molecule has 23 heavy (non-hydrogen) atoms. The van der Waals surface area contributed by atoms with Gasteiger partial charge in [0.2, 0.25) is 0 Å². The monoisotopic (exact) mass is 311 g/mol. The lowest BCUT2D eigenvalue weighted by atomic mass is 9.93. The van der Waals surface area contributed by atoms with Gasteiger partial charge >= 0.3 is 6.09 Å². The number of H-pyrrole nitrogens is 1. The molecular weight excluding hydrogens is 294 g/mol. The molecule has 4 rings (SSSR count). The predicted molar refractivity (Wildman–Crippen MR) is 86.3 cm³/mol. The summed E-state index contributed by atoms with van der Waals surface area (Å²) in [5, 5.41) is 0. The van der Waals surface area contributed by atoms with Gasteiger partial charge in [0, 0.05) is 12.1 Å². The van der Waals surface area contributed by atoms with E-state index in [2.05, 4.69) is 9.97 Å². The molecule has 1 aliphatic heterocycles. The first-order chi connectivity index (χ1) is 11.0. The second-order valence-corrected chi connectivity index (χ2v) is 6.07. The summed E-state index contributed by atoms with van der Waals surface area (Å²) in [6, 6.07) is 7.60. The van der Waals surface area contributed by atoms with Crippen molar-refractivity contribution in [1.29, 1.82) is 0 Å². The Balaban J connectivity index is 1.94. The van der Waals surface area contributed by atoms with Gasteiger partial charge in [0.05, 0.1) is 23.0 Å². The number of anilines is 1. The van der Waals surface area contributed by atoms with Crippen molar-refractivity contribution in [2.24, 2.45) is 0 Å². The Morgan fingerprint density at radius 1 is 1.35 bits per heavy atom. The van der Waals surface area contributed by atoms with Crippen molar-refractivity contribution < 1.29 is 13.9 Å². The Hall–Kier alpha value is -2.76. The first kappa shape index (κ1) is 13.9. The minimum atomic E-state index is -0.678. The second kappa shape index (κ2) is 4.62. The maximum atomic E-state index is 12.2. The maximum Gasteiger partial charge on any atom is 0.415 e. The topological polar surface area (TPSA) is 71.4 Å². The molecule has 3 aromatic rings. The summed E-state index contributed by atoms with van der Waals surface area (Å²) in [6.45, 7) is 6.26. The lowest BCUT2D eigenvalue weighted by molar-refractivity contribution is 0.0354. The summed E-state index contributed by atoms with van der Waals surface area (Å²) < 4.78 is 11.0. The number of aromatic nitrogens is 2. The van der Waals surface area contributed by atoms with Gasteiger partial charge in [-0.15, -0.1) is 0 Å². The van der Waals surface area contributed by atoms with Crippen LogP contribution < -0.4 is 4.90 Å². The number of rotatable bonds is 2. The summed E-state index contributed by atoms with van der Waals surface area (Å²) in [5.74, 6) is 1.35. The van der Waals surface area contributed by atoms with Crippen molar-refractivity contribution >= 4 is 22.8 Å². The number of fused-ring (bicyclic) bond motifs is 2. The number of amides is 1. The van der Waals surface area contributed by atoms with Gasteiger partial charge in [-0.25, -0.2) is 9.78 Å². The number of cyclic esters (lactones) is 1. The lowest BCUT2D eigenvalue weighted by Gasteiger charge is -2.38. The highest BCUT2D eigenvalue weighted by Crippen LogP contribution is 2.40. The van der Waals surface area contributed by atoms with Crippen LogP contribution in [0, 0.1) is 0 Å². The van der Waals surface area contributed by atoms with Gasteiger partial charge in [-0.05, 0) is 45.0 Å². The lowest BCUT2D eigenvalue weighted by Crippen LogP contribution is -2.43. The third-order valence-electron chi connectivity index (χ3n) is 4.17. The fourth-order valence-corrected chi connectivity index (χ4v) is 3.01. The van der Waals surface area contributed by atoms with Gasteiger partial charge in [0.1, 0.15) is 5.60 Å². The van der Waals surface area contributed by atoms with Gasteiger partial charge in [0.25, 0.3) is 0 Å². The number of imidazole rings is 1. The maximum absolute atomic E-state index is 12.2. The minimum absolute atomic E-state index is 0.328. The van der Waals surface area contributed by atoms with E-state index in [1.54, 1.807) is 11.2 Å². The summed E-state index contributed by atoms with van der Waals surface area (Å²) in [7, 11) is 0. The normalized spacial score (nSPS) is 16.5. The van der Waals surface area contributed by atoms with E-state index in [-0.39, 0.29) is 6.09 Å². The van der Waals surface area contributed by atoms with Gasteiger partial charge in [-0.2, -0.15) is 0 Å². The van der Waals surface area contributed by atoms with Crippen LogP contribution in [0.1, 0.15) is 26.3 Å². The van der Waals surface area contributed by atoms with Crippen molar-refractivity contribution in [3.63, 3.8) is 0 Å². The van der Waals surface area contributed by atoms with E-state index < -0.39 is 5.60 Å². The number of furan rings is 1. The number of ether oxygens (including phenoxy) is 1. The number of aromatic amines is 1. The number of nitrogens with one attached hydrogen (secondary N) is 1. The van der Waals surface area contributed by atoms with Gasteiger partial charge in [0.15, 0.2) is 11.6 Å². The average molecular weight is 311 g/mol. The molecule has 0 saturated carbocycles. The zero-order valence-corrected chi connectivity index (χ0v) is 13.2. The first-order valence-electron chi connectivity index (χ1n) is 7.58. The molecule has 6 heteroatoms. The first-order valence-corrected chi connectivity index (χ1v) is 7.58. The van der Waals surface area contributed by atoms with E-state index in [1.807, 2.05) is 45.0 Å². The molecule has 3 heterocycles. The Morgan fingerprint density at radius 2 is 2.17 bits per heavy atom. The van der Waals surface area contributed by atoms with Crippen LogP contribution in [0.4, 0.5) is 10.5 Å². The van der Waals surface area contributed by atoms with Crippen molar-refractivity contribution in [3.8, 4) is 11.6 Å². The van der Waals surface area contributed by atoms with Gasteiger partial charge in [-0.1, -0.05) is 0 Å². The quantitative estimate of drug-likeness (QED) is 0.775. The largest absolute Gasteiger partial charge is 0.461 e. The van der Waals surface area contributed by atoms with Crippen LogP contribution in [-0.4, -0.2) is 22.6 Å². The van der Waals surface area contributed by atoms with Crippen molar-refractivity contribution in [3.05, 3.63) is 36.1 Å². The van der Waals surface area contributed by atoms with E-state index in [1.165, 1.54) is 0 Å². The number of hydrogen-bond acceptors (Lipinski definition) is 4. The van der Waals surface area contributed by atoms with E-state index in [4.69, 9.17) is 9.15 Å². The standard InChI is InChI=1S/C17H17N3O3/c1-4-20-13-9-12-11(8-10(13)17(2,3)23-16(20)21)18-15(19-12)14-6-5-7-22-14/h5-9H,4H2,1-3H3,(H,18,19). The second-order valence-electron chi connectivity index (χ2n) is 6.07. The molecular formula is C17H17N3O3. The summed E-state index contributed by atoms with van der Waals surface area (Å²) in [5.41, 5.74) is 2.80. The number of carbonyl (C=O) groups is 1. The van der Waals surface area contributed by atoms with Crippen molar-refractivity contribution in [1.82, 2.24) is 9.97 Å². The summed E-state index contributed by atoms with van der Waals surface area (Å²) in [4.78, 5) is 21.7. The van der Waals surface area contributed by atoms with E-state index in [0.29, 0.717) is 18.1 Å². The number of nitrogens with zero attached hydrogens (tertiary/aromatic N) is 2. The SMILES string of the molecule is CCN1C(=O)OC(C)(C)c2cc3[nH]c(-c4ccco4)nc3cc21. The molecule has 2 aromatic heterocycles. The Kier molecular flexibility index (Phi) is 2.78. The van der Waals surface area contributed by atoms with Crippen molar-refractivity contribution in [2.75, 3.05) is 11.4 Å². The van der Waals surface area contributed by atoms with Crippen molar-refractivity contribution in [2.45, 2.75) is 26.4 Å². The molecule has 0 bridgehead atoms. The molecule has 0 radical (unpaired) electrons. The molecule has 1 aliphatic rings. The molecule has 1 amide bonds. The van der Waals surface area contributed by atoms with E-state index in [0.717, 1.165) is 22.3 Å². The highest BCUT2D eigenvalue weighted by atomic mass is 16.6. The highest BCUT2D eigenvalue weighted by molar-refractivity contribution is 5.95. The average Bonchev–Trinajstić information content (AvgIpc) is 3.14. The van der Waals surface area contributed by atoms with E-state index >= 15 is 0 Å². The molecule has 0 aliphatic carbocycles. The Labute approximate surface area is 133 Å². The summed E-state index contributed by atoms with van der Waals surface area (Å²) in [6.07, 6.45) is 1.29. The molecule has 0 saturated heterocycles. The van der Waals surface area contributed by atoms with Crippen LogP contribution in [0.5, 0.6) is 0 Å². The molecule has 0 unspecified atom stereocenters. The number of carbonyl (C=O) groups excluding carboxylic acids is 1. The van der Waals surface area contributed by atoms with Crippen LogP contribution in [0.15, 0.2) is 34.9 Å². The fourth-order valence-electron chi connectivity index (χ4n) is 3.01. The highest BCUT2D eigenvalue weighted by Gasteiger charge is 2.38. The summed E-state index contributed by atoms with van der Waals surface area (Å²) >= 11 is 0. The molecule has 118 valence electrons. The fraction of sp³-hybridized carbons (Fsp3) is 0.294. The molecule has 0 spiro atoms. The zero-order valence-electron chi connectivity index (χ0n) is 13.2. The molecule has 0 atom stereocenters. The molecule has 1 N–H and O–H groups in total. The van der Waals surface area contributed by atoms with Gasteiger partial charge in [-0.3, -0.25) is 4.90 Å². The molecule has 0 fully saturated rings. The van der Waals surface area contributed by atoms with Crippen LogP contribution >= 0.6 is 0 Å². The number of hydrogen-bond donors (Lipinski definition) is 1. The number of benzene rings is 1. The van der Waals surface area contributed by atoms with Crippen LogP contribution in [-0.2, 0) is 10.3 Å². The zero-order chi connectivity index (χ0) is 16.2. The van der Waals surface area contributed by atoms with Crippen LogP contribution in [0.25, 0.3) is 22.6 Å². The van der Waals surface area contributed by atoms with Crippen LogP contribution in [0.2, 0.25) is 0 Å². The predicted octanol–water partition coefficient (Wildman–Crippen LogP) is 4.03. The molecule has 1 aromatic carbocycles. The smallest absolute Gasteiger partial charge is 0.415 e. The minimum Gasteiger partial charge on any atom is -0.461 e. The third-order valence-corrected chi connectivity index (χ3v) is 4.17. The Bertz CT molecular complexity index is 893. The third kappa shape index (κ3) is 2.02. The Morgan fingerprint density at radius 3 is 2.87 bits per heavy atom. The van der Waals surface area contributed by atoms with Gasteiger partial charge < -0.3 is 14.1 Å². The molecule has 6 nitrogen and oxygen atoms in total.